The molecule has 0 spiro atoms. The first-order valence-corrected chi connectivity index (χ1v) is 12.0. The van der Waals surface area contributed by atoms with E-state index in [9.17, 15) is 4.79 Å². The number of hydrogen-bond donors (Lipinski definition) is 1. The van der Waals surface area contributed by atoms with Crippen LogP contribution in [0.2, 0.25) is 0 Å². The lowest BCUT2D eigenvalue weighted by molar-refractivity contribution is -0.122. The van der Waals surface area contributed by atoms with Gasteiger partial charge >= 0.3 is 0 Å². The number of amidine groups is 1. The number of benzene rings is 3. The van der Waals surface area contributed by atoms with Gasteiger partial charge in [-0.3, -0.25) is 9.69 Å². The number of nitrogens with one attached hydrogen (secondary N) is 1. The van der Waals surface area contributed by atoms with Gasteiger partial charge in [-0.15, -0.1) is 0 Å². The first-order chi connectivity index (χ1) is 17.2. The SMILES string of the molecule is CCn1cc(/C=C2\N=C(c3ccccc3)N(CCc3c[nH]c4ccccc34)C2=O)c2ccccc21. The average molecular weight is 459 g/mol. The van der Waals surface area contributed by atoms with Crippen LogP contribution in [0.3, 0.4) is 0 Å². The Morgan fingerprint density at radius 2 is 1.66 bits per heavy atom. The van der Waals surface area contributed by atoms with Crippen molar-refractivity contribution in [1.82, 2.24) is 14.5 Å². The predicted molar refractivity (Wildman–Crippen MR) is 142 cm³/mol. The maximum atomic E-state index is 13.7. The highest BCUT2D eigenvalue weighted by Crippen LogP contribution is 2.28. The zero-order valence-corrected chi connectivity index (χ0v) is 19.6. The molecule has 1 amide bonds. The standard InChI is InChI=1S/C30H26N4O/c1-2-33-20-23(25-13-7-9-15-28(25)33)18-27-30(35)34(29(32-27)21-10-4-3-5-11-21)17-16-22-19-31-26-14-8-6-12-24(22)26/h3-15,18-20,31H,2,16-17H2,1H3/b27-18-. The molecule has 1 aliphatic heterocycles. The van der Waals surface area contributed by atoms with Gasteiger partial charge in [0.15, 0.2) is 0 Å². The maximum absolute atomic E-state index is 13.7. The summed E-state index contributed by atoms with van der Waals surface area (Å²) in [7, 11) is 0. The minimum atomic E-state index is -0.0583. The molecular formula is C30H26N4O. The van der Waals surface area contributed by atoms with Crippen molar-refractivity contribution in [1.29, 1.82) is 0 Å². The molecule has 0 radical (unpaired) electrons. The van der Waals surface area contributed by atoms with Crippen LogP contribution in [0.15, 0.2) is 102 Å². The van der Waals surface area contributed by atoms with Gasteiger partial charge in [0.2, 0.25) is 0 Å². The number of para-hydroxylation sites is 2. The number of carbonyl (C=O) groups is 1. The number of nitrogens with zero attached hydrogens (tertiary/aromatic N) is 3. The smallest absolute Gasteiger partial charge is 0.278 e. The first-order valence-electron chi connectivity index (χ1n) is 12.0. The van der Waals surface area contributed by atoms with E-state index in [4.69, 9.17) is 4.99 Å². The molecule has 5 heteroatoms. The van der Waals surface area contributed by atoms with Crippen molar-refractivity contribution in [3.8, 4) is 0 Å². The van der Waals surface area contributed by atoms with E-state index in [1.807, 2.05) is 71.8 Å². The highest BCUT2D eigenvalue weighted by molar-refractivity contribution is 6.20. The Labute approximate surface area is 204 Å². The summed E-state index contributed by atoms with van der Waals surface area (Å²) in [6, 6.07) is 26.5. The summed E-state index contributed by atoms with van der Waals surface area (Å²) in [6.45, 7) is 3.55. The fraction of sp³-hybridized carbons (Fsp3) is 0.133. The van der Waals surface area contributed by atoms with Crippen LogP contribution >= 0.6 is 0 Å². The van der Waals surface area contributed by atoms with Gasteiger partial charge in [0.05, 0.1) is 0 Å². The van der Waals surface area contributed by atoms with Crippen LogP contribution in [0.1, 0.15) is 23.6 Å². The largest absolute Gasteiger partial charge is 0.361 e. The Morgan fingerprint density at radius 3 is 2.49 bits per heavy atom. The maximum Gasteiger partial charge on any atom is 0.278 e. The topological polar surface area (TPSA) is 53.4 Å². The summed E-state index contributed by atoms with van der Waals surface area (Å²) in [5.74, 6) is 0.651. The number of hydrogen-bond acceptors (Lipinski definition) is 2. The Kier molecular flexibility index (Phi) is 5.30. The lowest BCUT2D eigenvalue weighted by Crippen LogP contribution is -2.34. The van der Waals surface area contributed by atoms with E-state index in [2.05, 4.69) is 46.9 Å². The molecule has 6 rings (SSSR count). The molecule has 2 aromatic heterocycles. The molecule has 5 aromatic rings. The lowest BCUT2D eigenvalue weighted by atomic mass is 10.1. The molecule has 3 heterocycles. The van der Waals surface area contributed by atoms with E-state index in [1.165, 1.54) is 10.9 Å². The van der Waals surface area contributed by atoms with Crippen molar-refractivity contribution in [2.24, 2.45) is 4.99 Å². The number of fused-ring (bicyclic) bond motifs is 2. The number of aryl methyl sites for hydroxylation is 1. The van der Waals surface area contributed by atoms with Crippen LogP contribution in [-0.4, -0.2) is 32.7 Å². The Hall–Kier alpha value is -4.38. The van der Waals surface area contributed by atoms with E-state index < -0.39 is 0 Å². The van der Waals surface area contributed by atoms with Gasteiger partial charge in [0.25, 0.3) is 5.91 Å². The minimum absolute atomic E-state index is 0.0583. The molecule has 5 nitrogen and oxygen atoms in total. The van der Waals surface area contributed by atoms with E-state index in [0.717, 1.165) is 40.5 Å². The minimum Gasteiger partial charge on any atom is -0.361 e. The van der Waals surface area contributed by atoms with Crippen LogP contribution in [0.25, 0.3) is 27.9 Å². The molecule has 0 fully saturated rings. The number of aromatic amines is 1. The van der Waals surface area contributed by atoms with Crippen molar-refractivity contribution in [3.63, 3.8) is 0 Å². The second-order valence-corrected chi connectivity index (χ2v) is 8.78. The third kappa shape index (κ3) is 3.75. The molecule has 0 atom stereocenters. The highest BCUT2D eigenvalue weighted by Gasteiger charge is 2.31. The fourth-order valence-corrected chi connectivity index (χ4v) is 4.94. The van der Waals surface area contributed by atoms with E-state index in [0.29, 0.717) is 18.1 Å². The molecule has 0 bridgehead atoms. The van der Waals surface area contributed by atoms with Crippen molar-refractivity contribution in [2.75, 3.05) is 6.54 Å². The van der Waals surface area contributed by atoms with E-state index >= 15 is 0 Å². The third-order valence-corrected chi connectivity index (χ3v) is 6.71. The Morgan fingerprint density at radius 1 is 0.914 bits per heavy atom. The van der Waals surface area contributed by atoms with Crippen molar-refractivity contribution in [2.45, 2.75) is 19.9 Å². The molecule has 35 heavy (non-hydrogen) atoms. The quantitative estimate of drug-likeness (QED) is 0.311. The summed E-state index contributed by atoms with van der Waals surface area (Å²) in [5, 5.41) is 2.32. The van der Waals surface area contributed by atoms with Crippen LogP contribution in [0, 0.1) is 0 Å². The number of carbonyl (C=O) groups excluding carboxylic acids is 1. The van der Waals surface area contributed by atoms with Crippen LogP contribution < -0.4 is 0 Å². The molecule has 0 saturated heterocycles. The monoisotopic (exact) mass is 458 g/mol. The third-order valence-electron chi connectivity index (χ3n) is 6.71. The van der Waals surface area contributed by atoms with Gasteiger partial charge in [-0.2, -0.15) is 0 Å². The highest BCUT2D eigenvalue weighted by atomic mass is 16.2. The second-order valence-electron chi connectivity index (χ2n) is 8.78. The number of aromatic nitrogens is 2. The zero-order valence-electron chi connectivity index (χ0n) is 19.6. The van der Waals surface area contributed by atoms with Crippen molar-refractivity contribution < 1.29 is 4.79 Å². The molecule has 0 unspecified atom stereocenters. The van der Waals surface area contributed by atoms with Gasteiger partial charge in [-0.1, -0.05) is 66.7 Å². The van der Waals surface area contributed by atoms with Crippen LogP contribution in [0.4, 0.5) is 0 Å². The normalized spacial score (nSPS) is 15.0. The molecule has 0 aliphatic carbocycles. The van der Waals surface area contributed by atoms with Crippen LogP contribution in [-0.2, 0) is 17.8 Å². The second kappa shape index (κ2) is 8.76. The van der Waals surface area contributed by atoms with Crippen LogP contribution in [0.5, 0.6) is 0 Å². The molecule has 1 aliphatic rings. The summed E-state index contributed by atoms with van der Waals surface area (Å²) < 4.78 is 2.21. The van der Waals surface area contributed by atoms with Gasteiger partial charge in [-0.25, -0.2) is 4.99 Å². The molecule has 3 aromatic carbocycles. The summed E-state index contributed by atoms with van der Waals surface area (Å²) in [5.41, 5.74) is 5.90. The van der Waals surface area contributed by atoms with Gasteiger partial charge in [0, 0.05) is 58.4 Å². The lowest BCUT2D eigenvalue weighted by Gasteiger charge is -2.18. The molecule has 0 saturated carbocycles. The van der Waals surface area contributed by atoms with Gasteiger partial charge < -0.3 is 9.55 Å². The number of aliphatic imine (C=N–C) groups is 1. The number of H-pyrrole nitrogens is 1. The van der Waals surface area contributed by atoms with Crippen molar-refractivity contribution >= 4 is 39.6 Å². The van der Waals surface area contributed by atoms with E-state index in [-0.39, 0.29) is 5.91 Å². The molecular weight excluding hydrogens is 432 g/mol. The Balaban J connectivity index is 1.37. The number of amides is 1. The summed E-state index contributed by atoms with van der Waals surface area (Å²) >= 11 is 0. The predicted octanol–water partition coefficient (Wildman–Crippen LogP) is 6.02. The van der Waals surface area contributed by atoms with Gasteiger partial charge in [0.1, 0.15) is 11.5 Å². The zero-order chi connectivity index (χ0) is 23.8. The van der Waals surface area contributed by atoms with Gasteiger partial charge in [-0.05, 0) is 37.1 Å². The fourth-order valence-electron chi connectivity index (χ4n) is 4.94. The molecule has 1 N–H and O–H groups in total. The first kappa shape index (κ1) is 21.2. The average Bonchev–Trinajstić information content (AvgIpc) is 3.58. The summed E-state index contributed by atoms with van der Waals surface area (Å²) in [6.07, 6.45) is 6.83. The Bertz CT molecular complexity index is 1600. The molecule has 172 valence electrons. The summed E-state index contributed by atoms with van der Waals surface area (Å²) in [4.78, 5) is 23.7. The number of rotatable bonds is 6. The van der Waals surface area contributed by atoms with Crippen molar-refractivity contribution in [3.05, 3.63) is 114 Å². The van der Waals surface area contributed by atoms with E-state index in [1.54, 1.807) is 0 Å².